The average Bonchev–Trinajstić information content (AvgIpc) is 3.89. The van der Waals surface area contributed by atoms with Gasteiger partial charge in [0.1, 0.15) is 0 Å². The van der Waals surface area contributed by atoms with Crippen LogP contribution in [0.25, 0.3) is 101 Å². The van der Waals surface area contributed by atoms with Crippen LogP contribution in [0.3, 0.4) is 0 Å². The molecular formula is C63H40N4. The van der Waals surface area contributed by atoms with Crippen molar-refractivity contribution in [1.29, 1.82) is 0 Å². The zero-order valence-electron chi connectivity index (χ0n) is 36.4. The second kappa shape index (κ2) is 15.7. The zero-order chi connectivity index (χ0) is 44.3. The minimum Gasteiger partial charge on any atom is -0.265 e. The SMILES string of the molecule is c1cc(-c2cc(-c3cccc(-c4cccc(-c5ccncc5)n4)c3)cc(-c3cccc4c3-c3ccccc3C43c4ccccc4-c4ccccc43)c2)cc(-c2cccc(-c3ccncc3)n2)c1. The third-order valence-electron chi connectivity index (χ3n) is 13.7. The van der Waals surface area contributed by atoms with Crippen molar-refractivity contribution < 1.29 is 0 Å². The van der Waals surface area contributed by atoms with E-state index >= 15 is 0 Å². The number of aromatic nitrogens is 4. The molecule has 0 atom stereocenters. The Kier molecular flexibility index (Phi) is 9.04. The highest BCUT2D eigenvalue weighted by molar-refractivity contribution is 6.01. The molecule has 4 aromatic heterocycles. The third kappa shape index (κ3) is 6.29. The largest absolute Gasteiger partial charge is 0.265 e. The van der Waals surface area contributed by atoms with Gasteiger partial charge in [0.15, 0.2) is 0 Å². The second-order valence-corrected chi connectivity index (χ2v) is 17.4. The molecule has 0 amide bonds. The van der Waals surface area contributed by atoms with Crippen molar-refractivity contribution in [1.82, 2.24) is 19.9 Å². The minimum atomic E-state index is -0.437. The lowest BCUT2D eigenvalue weighted by Gasteiger charge is -2.30. The average molecular weight is 853 g/mol. The molecule has 0 aliphatic heterocycles. The molecule has 4 nitrogen and oxygen atoms in total. The molecular weight excluding hydrogens is 813 g/mol. The van der Waals surface area contributed by atoms with Crippen molar-refractivity contribution in [3.8, 4) is 101 Å². The van der Waals surface area contributed by atoms with E-state index in [4.69, 9.17) is 9.97 Å². The summed E-state index contributed by atoms with van der Waals surface area (Å²) in [7, 11) is 0. The predicted octanol–water partition coefficient (Wildman–Crippen LogP) is 15.3. The summed E-state index contributed by atoms with van der Waals surface area (Å²) in [6, 6.07) is 79.2. The van der Waals surface area contributed by atoms with Gasteiger partial charge in [-0.3, -0.25) is 9.97 Å². The Morgan fingerprint density at radius 1 is 0.239 bits per heavy atom. The van der Waals surface area contributed by atoms with Crippen LogP contribution < -0.4 is 0 Å². The van der Waals surface area contributed by atoms with Crippen LogP contribution in [0.1, 0.15) is 22.3 Å². The van der Waals surface area contributed by atoms with Crippen LogP contribution >= 0.6 is 0 Å². The molecule has 11 aromatic rings. The fraction of sp³-hybridized carbons (Fsp3) is 0.0159. The number of nitrogens with zero attached hydrogens (tertiary/aromatic N) is 4. The van der Waals surface area contributed by atoms with E-state index in [-0.39, 0.29) is 0 Å². The zero-order valence-corrected chi connectivity index (χ0v) is 36.4. The van der Waals surface area contributed by atoms with Crippen LogP contribution in [0.4, 0.5) is 0 Å². The summed E-state index contributed by atoms with van der Waals surface area (Å²) in [5.74, 6) is 0. The molecule has 0 fully saturated rings. The Balaban J connectivity index is 1.01. The first-order chi connectivity index (χ1) is 33.2. The van der Waals surface area contributed by atoms with E-state index in [9.17, 15) is 0 Å². The van der Waals surface area contributed by atoms with Gasteiger partial charge in [0.05, 0.1) is 28.2 Å². The molecule has 0 bridgehead atoms. The van der Waals surface area contributed by atoms with Gasteiger partial charge in [0.2, 0.25) is 0 Å². The first-order valence-electron chi connectivity index (χ1n) is 22.8. The minimum absolute atomic E-state index is 0.437. The molecule has 4 heterocycles. The van der Waals surface area contributed by atoms with E-state index in [0.717, 1.165) is 72.8 Å². The van der Waals surface area contributed by atoms with Crippen molar-refractivity contribution in [3.05, 3.63) is 265 Å². The van der Waals surface area contributed by atoms with E-state index in [1.165, 1.54) is 50.1 Å². The first kappa shape index (κ1) is 38.6. The topological polar surface area (TPSA) is 51.6 Å². The molecule has 0 radical (unpaired) electrons. The van der Waals surface area contributed by atoms with Crippen molar-refractivity contribution in [2.75, 3.05) is 0 Å². The van der Waals surface area contributed by atoms with Gasteiger partial charge in [-0.05, 0) is 157 Å². The molecule has 0 N–H and O–H groups in total. The summed E-state index contributed by atoms with van der Waals surface area (Å²) in [5, 5.41) is 0. The highest BCUT2D eigenvalue weighted by Gasteiger charge is 2.52. The number of hydrogen-bond donors (Lipinski definition) is 0. The maximum atomic E-state index is 5.13. The Labute approximate surface area is 389 Å². The number of pyridine rings is 4. The van der Waals surface area contributed by atoms with Gasteiger partial charge < -0.3 is 0 Å². The third-order valence-corrected chi connectivity index (χ3v) is 13.7. The molecule has 0 unspecified atom stereocenters. The smallest absolute Gasteiger partial charge is 0.0725 e. The lowest BCUT2D eigenvalue weighted by Crippen LogP contribution is -2.25. The van der Waals surface area contributed by atoms with E-state index in [0.29, 0.717) is 0 Å². The summed E-state index contributed by atoms with van der Waals surface area (Å²) in [6.45, 7) is 0. The maximum absolute atomic E-state index is 5.13. The Morgan fingerprint density at radius 3 is 1.12 bits per heavy atom. The molecule has 7 aromatic carbocycles. The number of rotatable bonds is 7. The molecule has 67 heavy (non-hydrogen) atoms. The van der Waals surface area contributed by atoms with Gasteiger partial charge in [-0.15, -0.1) is 0 Å². The fourth-order valence-electron chi connectivity index (χ4n) is 10.8. The highest BCUT2D eigenvalue weighted by atomic mass is 14.7. The molecule has 4 heteroatoms. The summed E-state index contributed by atoms with van der Waals surface area (Å²) in [4.78, 5) is 18.7. The Bertz CT molecular complexity index is 3520. The predicted molar refractivity (Wildman–Crippen MR) is 272 cm³/mol. The molecule has 0 saturated carbocycles. The number of benzene rings is 7. The Hall–Kier alpha value is -8.86. The van der Waals surface area contributed by atoms with Crippen LogP contribution in [0.15, 0.2) is 243 Å². The van der Waals surface area contributed by atoms with Crippen LogP contribution in [-0.2, 0) is 5.41 Å². The second-order valence-electron chi connectivity index (χ2n) is 17.4. The van der Waals surface area contributed by atoms with E-state index in [1.807, 2.05) is 49.1 Å². The molecule has 13 rings (SSSR count). The summed E-state index contributed by atoms with van der Waals surface area (Å²) in [5.41, 5.74) is 24.7. The first-order valence-corrected chi connectivity index (χ1v) is 22.8. The van der Waals surface area contributed by atoms with Gasteiger partial charge in [0, 0.05) is 47.0 Å². The van der Waals surface area contributed by atoms with Gasteiger partial charge in [-0.2, -0.15) is 0 Å². The van der Waals surface area contributed by atoms with Crippen molar-refractivity contribution in [2.24, 2.45) is 0 Å². The Morgan fingerprint density at radius 2 is 0.597 bits per heavy atom. The maximum Gasteiger partial charge on any atom is 0.0725 e. The van der Waals surface area contributed by atoms with Crippen molar-refractivity contribution >= 4 is 0 Å². The quantitative estimate of drug-likeness (QED) is 0.160. The summed E-state index contributed by atoms with van der Waals surface area (Å²) < 4.78 is 0. The van der Waals surface area contributed by atoms with Crippen molar-refractivity contribution in [2.45, 2.75) is 5.41 Å². The molecule has 312 valence electrons. The van der Waals surface area contributed by atoms with Crippen LogP contribution in [-0.4, -0.2) is 19.9 Å². The van der Waals surface area contributed by atoms with Gasteiger partial charge in [-0.1, -0.05) is 140 Å². The molecule has 2 aliphatic carbocycles. The lowest BCUT2D eigenvalue weighted by molar-refractivity contribution is 0.794. The normalized spacial score (nSPS) is 12.6. The van der Waals surface area contributed by atoms with Gasteiger partial charge >= 0.3 is 0 Å². The van der Waals surface area contributed by atoms with Crippen molar-refractivity contribution in [3.63, 3.8) is 0 Å². The van der Waals surface area contributed by atoms with E-state index < -0.39 is 5.41 Å². The lowest BCUT2D eigenvalue weighted by atomic mass is 9.70. The van der Waals surface area contributed by atoms with Gasteiger partial charge in [-0.25, -0.2) is 9.97 Å². The number of hydrogen-bond acceptors (Lipinski definition) is 4. The molecule has 0 saturated heterocycles. The molecule has 2 aliphatic rings. The van der Waals surface area contributed by atoms with Crippen LogP contribution in [0.2, 0.25) is 0 Å². The standard InChI is InChI=1S/C63H40N4/c1-4-20-54-51(16-1)52-17-2-5-21-55(52)63(54)56-22-6-3-18-53(56)62-50(19-9-23-57(62)63)49-39-47(43-12-7-14-45(36-43)60-26-10-24-58(66-60)41-28-32-64-33-29-41)38-48(40-49)44-13-8-15-46(37-44)61-27-11-25-59(67-61)42-30-34-65-35-31-42/h1-40H. The monoisotopic (exact) mass is 852 g/mol. The van der Waals surface area contributed by atoms with E-state index in [1.54, 1.807) is 0 Å². The number of fused-ring (bicyclic) bond motifs is 10. The molecule has 1 spiro atoms. The summed E-state index contributed by atoms with van der Waals surface area (Å²) in [6.07, 6.45) is 7.25. The fourth-order valence-corrected chi connectivity index (χ4v) is 10.8. The highest BCUT2D eigenvalue weighted by Crippen LogP contribution is 2.64. The van der Waals surface area contributed by atoms with Gasteiger partial charge in [0.25, 0.3) is 0 Å². The van der Waals surface area contributed by atoms with Crippen LogP contribution in [0, 0.1) is 0 Å². The van der Waals surface area contributed by atoms with E-state index in [2.05, 4.69) is 204 Å². The summed E-state index contributed by atoms with van der Waals surface area (Å²) >= 11 is 0. The van der Waals surface area contributed by atoms with Crippen LogP contribution in [0.5, 0.6) is 0 Å².